The van der Waals surface area contributed by atoms with Gasteiger partial charge in [0.15, 0.2) is 6.61 Å². The Bertz CT molecular complexity index is 1810. The number of rotatable bonds is 7. The normalized spacial score (nSPS) is 12.0. The Morgan fingerprint density at radius 1 is 1.07 bits per heavy atom. The van der Waals surface area contributed by atoms with E-state index in [-0.39, 0.29) is 24.8 Å². The van der Waals surface area contributed by atoms with Crippen molar-refractivity contribution >= 4 is 56.3 Å². The minimum atomic E-state index is -0.207. The zero-order chi connectivity index (χ0) is 30.3. The van der Waals surface area contributed by atoms with E-state index in [1.807, 2.05) is 54.6 Å². The van der Waals surface area contributed by atoms with E-state index >= 15 is 0 Å². The monoisotopic (exact) mass is 635 g/mol. The number of amides is 1. The lowest BCUT2D eigenvalue weighted by molar-refractivity contribution is -0.120. The average Bonchev–Trinajstić information content (AvgIpc) is 3.60. The number of halogens is 2. The minimum absolute atomic E-state index is 0.0226. The van der Waals surface area contributed by atoms with Crippen LogP contribution in [0.15, 0.2) is 71.5 Å². The predicted molar refractivity (Wildman–Crippen MR) is 170 cm³/mol. The molecule has 0 atom stereocenters. The molecule has 9 nitrogen and oxygen atoms in total. The Kier molecular flexibility index (Phi) is 9.67. The number of nitrogens with zero attached hydrogens (tertiary/aromatic N) is 5. The molecular weight excluding hydrogens is 609 g/mol. The number of hydrogen-bond acceptors (Lipinski definition) is 7. The number of carbonyl (C=O) groups is 1. The number of likely N-dealkylation sites (N-methyl/N-ethyl adjacent to an activating group) is 1. The van der Waals surface area contributed by atoms with Gasteiger partial charge >= 0.3 is 5.69 Å². The lowest BCUT2D eigenvalue weighted by atomic mass is 10.2. The molecule has 12 heteroatoms. The summed E-state index contributed by atoms with van der Waals surface area (Å²) < 4.78 is 14.9. The van der Waals surface area contributed by atoms with Crippen LogP contribution in [0.1, 0.15) is 18.7 Å². The summed E-state index contributed by atoms with van der Waals surface area (Å²) in [5.74, 6) is 3.40. The van der Waals surface area contributed by atoms with Crippen molar-refractivity contribution in [3.05, 3.63) is 93.1 Å². The van der Waals surface area contributed by atoms with E-state index in [4.69, 9.17) is 39.1 Å². The fourth-order valence-electron chi connectivity index (χ4n) is 4.40. The number of para-hydroxylation sites is 2. The van der Waals surface area contributed by atoms with Crippen LogP contribution in [0.3, 0.4) is 0 Å². The third kappa shape index (κ3) is 7.03. The number of aromatic nitrogens is 4. The number of hydrogen-bond donors (Lipinski definition) is 0. The van der Waals surface area contributed by atoms with Gasteiger partial charge in [-0.15, -0.1) is 11.5 Å². The van der Waals surface area contributed by atoms with Crippen molar-refractivity contribution < 1.29 is 14.3 Å². The van der Waals surface area contributed by atoms with Gasteiger partial charge in [-0.3, -0.25) is 9.36 Å². The Morgan fingerprint density at radius 3 is 2.58 bits per heavy atom. The molecule has 0 bridgehead atoms. The van der Waals surface area contributed by atoms with Crippen LogP contribution in [0.2, 0.25) is 10.0 Å². The maximum atomic E-state index is 12.5. The molecule has 1 aliphatic rings. The fourth-order valence-corrected chi connectivity index (χ4v) is 5.73. The van der Waals surface area contributed by atoms with Crippen LogP contribution in [0, 0.1) is 12.3 Å². The number of fused-ring (bicyclic) bond motifs is 2. The summed E-state index contributed by atoms with van der Waals surface area (Å²) in [6.07, 6.45) is 7.97. The SMILES string of the molecule is C#CCOc1cc(-n2nc3n(c2=O)CCCC3)c(Cl)cc1Cl.CN(C(=O)COc1nc2ccccc2s1)c1ccccc1. The highest BCUT2D eigenvalue weighted by Gasteiger charge is 2.20. The standard InChI is InChI=1S/C16H14N2O2S.C15H13Cl2N3O2/c1-18(12-7-3-2-4-8-12)15(19)11-20-16-17-13-9-5-6-10-14(13)21-16;1-2-7-22-13-9-12(10(16)8-11(13)17)20-15(21)19-6-4-3-5-14(19)18-20/h2-10H,11H2,1H3;1,8-9H,3-7H2. The van der Waals surface area contributed by atoms with Gasteiger partial charge in [0.05, 0.1) is 25.9 Å². The molecule has 5 aromatic rings. The number of terminal acetylenes is 1. The number of anilines is 1. The van der Waals surface area contributed by atoms with Gasteiger partial charge in [0.25, 0.3) is 11.1 Å². The van der Waals surface area contributed by atoms with Crippen molar-refractivity contribution in [2.24, 2.45) is 0 Å². The number of thiazole rings is 1. The molecule has 0 fully saturated rings. The summed E-state index contributed by atoms with van der Waals surface area (Å²) in [5.41, 5.74) is 1.96. The van der Waals surface area contributed by atoms with Crippen LogP contribution in [0.4, 0.5) is 5.69 Å². The van der Waals surface area contributed by atoms with Crippen LogP contribution in [0.25, 0.3) is 15.9 Å². The first-order valence-electron chi connectivity index (χ1n) is 13.4. The van der Waals surface area contributed by atoms with Gasteiger partial charge in [-0.05, 0) is 43.2 Å². The van der Waals surface area contributed by atoms with Crippen LogP contribution < -0.4 is 20.1 Å². The largest absolute Gasteiger partial charge is 0.479 e. The Hall–Kier alpha value is -4.30. The molecule has 0 saturated heterocycles. The first-order valence-corrected chi connectivity index (χ1v) is 15.0. The number of carbonyl (C=O) groups excluding carboxylic acids is 1. The Labute approximate surface area is 262 Å². The highest BCUT2D eigenvalue weighted by molar-refractivity contribution is 7.20. The van der Waals surface area contributed by atoms with Gasteiger partial charge in [-0.1, -0.05) is 70.8 Å². The number of benzene rings is 3. The zero-order valence-electron chi connectivity index (χ0n) is 23.2. The lowest BCUT2D eigenvalue weighted by Crippen LogP contribution is -2.31. The molecule has 6 rings (SSSR count). The van der Waals surface area contributed by atoms with E-state index in [1.165, 1.54) is 22.1 Å². The molecule has 3 heterocycles. The predicted octanol–water partition coefficient (Wildman–Crippen LogP) is 6.03. The zero-order valence-corrected chi connectivity index (χ0v) is 25.5. The average molecular weight is 637 g/mol. The van der Waals surface area contributed by atoms with E-state index < -0.39 is 0 Å². The summed E-state index contributed by atoms with van der Waals surface area (Å²) in [4.78, 5) is 30.5. The van der Waals surface area contributed by atoms with E-state index in [0.717, 1.165) is 41.0 Å². The van der Waals surface area contributed by atoms with Crippen LogP contribution >= 0.6 is 34.5 Å². The summed E-state index contributed by atoms with van der Waals surface area (Å²) >= 11 is 13.7. The van der Waals surface area contributed by atoms with E-state index in [9.17, 15) is 9.59 Å². The molecule has 43 heavy (non-hydrogen) atoms. The summed E-state index contributed by atoms with van der Waals surface area (Å²) in [6.45, 7) is 0.737. The second-order valence-electron chi connectivity index (χ2n) is 9.47. The van der Waals surface area contributed by atoms with Crippen molar-refractivity contribution in [1.82, 2.24) is 19.3 Å². The summed E-state index contributed by atoms with van der Waals surface area (Å²) in [5, 5.41) is 5.56. The van der Waals surface area contributed by atoms with Gasteiger partial charge in [-0.2, -0.15) is 4.68 Å². The van der Waals surface area contributed by atoms with Gasteiger partial charge in [0.2, 0.25) is 0 Å². The highest BCUT2D eigenvalue weighted by Crippen LogP contribution is 2.33. The molecule has 3 aromatic carbocycles. The van der Waals surface area contributed by atoms with Crippen LogP contribution in [0.5, 0.6) is 10.9 Å². The molecule has 1 aliphatic heterocycles. The first-order chi connectivity index (χ1) is 20.9. The van der Waals surface area contributed by atoms with E-state index in [0.29, 0.717) is 33.2 Å². The first kappa shape index (κ1) is 30.2. The molecule has 0 aliphatic carbocycles. The van der Waals surface area contributed by atoms with Gasteiger partial charge in [-0.25, -0.2) is 9.78 Å². The molecule has 2 aromatic heterocycles. The number of ether oxygens (including phenoxy) is 2. The Morgan fingerprint density at radius 2 is 1.84 bits per heavy atom. The van der Waals surface area contributed by atoms with Crippen molar-refractivity contribution in [2.45, 2.75) is 25.8 Å². The molecule has 1 amide bonds. The molecule has 0 saturated carbocycles. The van der Waals surface area contributed by atoms with Crippen LogP contribution in [-0.4, -0.2) is 45.5 Å². The topological polar surface area (TPSA) is 91.5 Å². The fraction of sp³-hybridized carbons (Fsp3) is 0.226. The summed E-state index contributed by atoms with van der Waals surface area (Å²) in [7, 11) is 1.74. The molecule has 220 valence electrons. The molecular formula is C31H27Cl2N5O4S. The van der Waals surface area contributed by atoms with Crippen molar-refractivity contribution in [3.8, 4) is 29.0 Å². The molecule has 0 unspecified atom stereocenters. The minimum Gasteiger partial charge on any atom is -0.479 e. The van der Waals surface area contributed by atoms with E-state index in [1.54, 1.807) is 22.6 Å². The second kappa shape index (κ2) is 13.8. The third-order valence-corrected chi connectivity index (χ3v) is 8.17. The van der Waals surface area contributed by atoms with E-state index in [2.05, 4.69) is 16.0 Å². The highest BCUT2D eigenvalue weighted by atomic mass is 35.5. The van der Waals surface area contributed by atoms with Gasteiger partial charge in [0.1, 0.15) is 18.2 Å². The maximum absolute atomic E-state index is 12.5. The maximum Gasteiger partial charge on any atom is 0.350 e. The summed E-state index contributed by atoms with van der Waals surface area (Å²) in [6, 6.07) is 20.4. The smallest absolute Gasteiger partial charge is 0.350 e. The second-order valence-corrected chi connectivity index (χ2v) is 11.3. The molecule has 0 radical (unpaired) electrons. The van der Waals surface area contributed by atoms with Gasteiger partial charge in [0, 0.05) is 31.8 Å². The quantitative estimate of drug-likeness (QED) is 0.203. The third-order valence-electron chi connectivity index (χ3n) is 6.62. The van der Waals surface area contributed by atoms with Crippen LogP contribution in [-0.2, 0) is 17.8 Å². The number of aryl methyl sites for hydroxylation is 1. The van der Waals surface area contributed by atoms with Crippen molar-refractivity contribution in [3.63, 3.8) is 0 Å². The molecule has 0 N–H and O–H groups in total. The van der Waals surface area contributed by atoms with Crippen molar-refractivity contribution in [1.29, 1.82) is 0 Å². The lowest BCUT2D eigenvalue weighted by Gasteiger charge is -2.16. The van der Waals surface area contributed by atoms with Crippen molar-refractivity contribution in [2.75, 3.05) is 25.2 Å². The molecule has 0 spiro atoms. The van der Waals surface area contributed by atoms with Gasteiger partial charge < -0.3 is 14.4 Å². The Balaban J connectivity index is 0.000000171.